The molecule has 9 nitrogen and oxygen atoms in total. The van der Waals surface area contributed by atoms with Gasteiger partial charge in [0.1, 0.15) is 16.8 Å². The maximum Gasteiger partial charge on any atom is 0.267 e. The van der Waals surface area contributed by atoms with Crippen LogP contribution in [0.5, 0.6) is 11.5 Å². The van der Waals surface area contributed by atoms with Crippen molar-refractivity contribution in [2.75, 3.05) is 6.79 Å². The van der Waals surface area contributed by atoms with Crippen molar-refractivity contribution in [3.05, 3.63) is 75.6 Å². The molecule has 3 aromatic heterocycles. The summed E-state index contributed by atoms with van der Waals surface area (Å²) in [4.78, 5) is 31.4. The number of benzene rings is 1. The van der Waals surface area contributed by atoms with Crippen LogP contribution in [-0.4, -0.2) is 26.7 Å². The number of nitrogens with zero attached hydrogens (tertiary/aromatic N) is 3. The first-order valence-corrected chi connectivity index (χ1v) is 11.9. The highest BCUT2D eigenvalue weighted by Gasteiger charge is 2.23. The quantitative estimate of drug-likeness (QED) is 0.444. The number of ether oxygens (including phenoxy) is 2. The lowest BCUT2D eigenvalue weighted by atomic mass is 9.94. The van der Waals surface area contributed by atoms with Gasteiger partial charge in [-0.2, -0.15) is 0 Å². The Morgan fingerprint density at radius 1 is 1.09 bits per heavy atom. The van der Waals surface area contributed by atoms with Gasteiger partial charge in [-0.15, -0.1) is 0 Å². The zero-order valence-electron chi connectivity index (χ0n) is 19.1. The van der Waals surface area contributed by atoms with Gasteiger partial charge in [-0.25, -0.2) is 4.98 Å². The molecule has 1 aliphatic heterocycles. The second-order valence-electron chi connectivity index (χ2n) is 9.02. The van der Waals surface area contributed by atoms with E-state index in [0.29, 0.717) is 28.2 Å². The number of carbonyl (C=O) groups excluding carboxylic acids is 1. The summed E-state index contributed by atoms with van der Waals surface area (Å²) in [6.07, 6.45) is 6.70. The van der Waals surface area contributed by atoms with Gasteiger partial charge < -0.3 is 19.4 Å². The molecule has 0 spiro atoms. The summed E-state index contributed by atoms with van der Waals surface area (Å²) < 4.78 is 14.0. The summed E-state index contributed by atoms with van der Waals surface area (Å²) in [5.41, 5.74) is 1.83. The molecule has 4 aromatic rings. The zero-order chi connectivity index (χ0) is 23.9. The van der Waals surface area contributed by atoms with Gasteiger partial charge in [-0.3, -0.25) is 19.4 Å². The number of amides is 1. The molecule has 2 aliphatic rings. The van der Waals surface area contributed by atoms with E-state index in [1.165, 1.54) is 10.5 Å². The normalized spacial score (nSPS) is 15.5. The van der Waals surface area contributed by atoms with Crippen molar-refractivity contribution < 1.29 is 14.3 Å². The van der Waals surface area contributed by atoms with E-state index in [1.54, 1.807) is 22.9 Å². The Hall–Kier alpha value is -4.14. The number of hydrogen-bond acceptors (Lipinski definition) is 6. The molecule has 0 saturated heterocycles. The van der Waals surface area contributed by atoms with Gasteiger partial charge in [-0.05, 0) is 48.7 Å². The van der Waals surface area contributed by atoms with Crippen LogP contribution in [-0.2, 0) is 6.54 Å². The Morgan fingerprint density at radius 2 is 1.91 bits per heavy atom. The lowest BCUT2D eigenvalue weighted by Crippen LogP contribution is -2.36. The van der Waals surface area contributed by atoms with E-state index < -0.39 is 5.91 Å². The van der Waals surface area contributed by atoms with Gasteiger partial charge in [-0.1, -0.05) is 31.4 Å². The molecule has 0 atom stereocenters. The third-order valence-corrected chi connectivity index (χ3v) is 6.84. The minimum atomic E-state index is -0.406. The van der Waals surface area contributed by atoms with Gasteiger partial charge in [0.05, 0.1) is 10.9 Å². The first kappa shape index (κ1) is 21.4. The SMILES string of the molecule is N=c1c(C(=O)NCc2ccc3c(c2)OCO3)cc2c(=O)n3ccccc3nc2n1C1CCCCC1. The number of pyridine rings is 2. The molecule has 1 aliphatic carbocycles. The Kier molecular flexibility index (Phi) is 5.24. The minimum Gasteiger partial charge on any atom is -0.454 e. The second-order valence-corrected chi connectivity index (χ2v) is 9.02. The van der Waals surface area contributed by atoms with Crippen molar-refractivity contribution in [2.45, 2.75) is 44.7 Å². The molecule has 178 valence electrons. The van der Waals surface area contributed by atoms with E-state index in [4.69, 9.17) is 19.9 Å². The van der Waals surface area contributed by atoms with Crippen molar-refractivity contribution in [3.8, 4) is 11.5 Å². The van der Waals surface area contributed by atoms with E-state index in [2.05, 4.69) is 5.32 Å². The highest BCUT2D eigenvalue weighted by Crippen LogP contribution is 2.32. The number of rotatable bonds is 4. The lowest BCUT2D eigenvalue weighted by Gasteiger charge is -2.26. The Balaban J connectivity index is 1.43. The molecule has 1 amide bonds. The van der Waals surface area contributed by atoms with Crippen LogP contribution in [0.15, 0.2) is 53.5 Å². The van der Waals surface area contributed by atoms with Crippen molar-refractivity contribution in [1.29, 1.82) is 5.41 Å². The molecule has 0 bridgehead atoms. The van der Waals surface area contributed by atoms with Crippen LogP contribution in [0.3, 0.4) is 0 Å². The maximum absolute atomic E-state index is 13.4. The third-order valence-electron chi connectivity index (χ3n) is 6.84. The van der Waals surface area contributed by atoms with Crippen LogP contribution in [0.1, 0.15) is 54.1 Å². The summed E-state index contributed by atoms with van der Waals surface area (Å²) >= 11 is 0. The van der Waals surface area contributed by atoms with Crippen LogP contribution >= 0.6 is 0 Å². The molecule has 1 saturated carbocycles. The molecule has 1 fully saturated rings. The Bertz CT molecular complexity index is 1580. The summed E-state index contributed by atoms with van der Waals surface area (Å²) in [6, 6.07) is 12.4. The van der Waals surface area contributed by atoms with Crippen LogP contribution in [0.4, 0.5) is 0 Å². The van der Waals surface area contributed by atoms with E-state index in [0.717, 1.165) is 37.7 Å². The molecular formula is C26H25N5O4. The molecular weight excluding hydrogens is 446 g/mol. The lowest BCUT2D eigenvalue weighted by molar-refractivity contribution is 0.0948. The fourth-order valence-electron chi connectivity index (χ4n) is 5.05. The highest BCUT2D eigenvalue weighted by molar-refractivity contribution is 5.96. The van der Waals surface area contributed by atoms with Crippen LogP contribution < -0.4 is 25.8 Å². The van der Waals surface area contributed by atoms with Crippen molar-refractivity contribution >= 4 is 22.6 Å². The summed E-state index contributed by atoms with van der Waals surface area (Å²) in [7, 11) is 0. The molecule has 4 heterocycles. The van der Waals surface area contributed by atoms with E-state index in [9.17, 15) is 9.59 Å². The fourth-order valence-corrected chi connectivity index (χ4v) is 5.05. The largest absolute Gasteiger partial charge is 0.454 e. The Labute approximate surface area is 200 Å². The van der Waals surface area contributed by atoms with Gasteiger partial charge in [0.25, 0.3) is 11.5 Å². The summed E-state index contributed by atoms with van der Waals surface area (Å²) in [5.74, 6) is 0.915. The second kappa shape index (κ2) is 8.57. The van der Waals surface area contributed by atoms with Crippen LogP contribution in [0.25, 0.3) is 16.7 Å². The van der Waals surface area contributed by atoms with Crippen molar-refractivity contribution in [2.24, 2.45) is 0 Å². The standard InChI is InChI=1S/C26H25N5O4/c27-23-18(25(32)28-14-16-9-10-20-21(12-16)35-15-34-20)13-19-24(31(23)17-6-2-1-3-7-17)29-22-8-4-5-11-30(22)26(19)33/h4-5,8-13,17,27H,1-3,6-7,14-15H2,(H,28,32). The molecule has 9 heteroatoms. The smallest absolute Gasteiger partial charge is 0.267 e. The zero-order valence-corrected chi connectivity index (χ0v) is 19.1. The minimum absolute atomic E-state index is 0.0263. The predicted octanol–water partition coefficient (Wildman–Crippen LogP) is 3.29. The monoisotopic (exact) mass is 471 g/mol. The van der Waals surface area contributed by atoms with Gasteiger partial charge in [0.2, 0.25) is 6.79 Å². The number of nitrogens with one attached hydrogen (secondary N) is 2. The topological polar surface area (TPSA) is 111 Å². The molecule has 2 N–H and O–H groups in total. The van der Waals surface area contributed by atoms with Crippen LogP contribution in [0, 0.1) is 5.41 Å². The molecule has 1 aromatic carbocycles. The van der Waals surface area contributed by atoms with Crippen LogP contribution in [0.2, 0.25) is 0 Å². The average molecular weight is 472 g/mol. The van der Waals surface area contributed by atoms with Gasteiger partial charge in [0, 0.05) is 18.8 Å². The van der Waals surface area contributed by atoms with Crippen molar-refractivity contribution in [1.82, 2.24) is 19.3 Å². The van der Waals surface area contributed by atoms with E-state index >= 15 is 0 Å². The molecule has 0 radical (unpaired) electrons. The predicted molar refractivity (Wildman–Crippen MR) is 129 cm³/mol. The number of fused-ring (bicyclic) bond motifs is 3. The number of hydrogen-bond donors (Lipinski definition) is 2. The highest BCUT2D eigenvalue weighted by atomic mass is 16.7. The maximum atomic E-state index is 13.4. The molecule has 6 rings (SSSR count). The number of carbonyl (C=O) groups is 1. The third kappa shape index (κ3) is 3.73. The first-order chi connectivity index (χ1) is 17.1. The molecule has 0 unspecified atom stereocenters. The molecule has 35 heavy (non-hydrogen) atoms. The average Bonchev–Trinajstić information content (AvgIpc) is 3.36. The van der Waals surface area contributed by atoms with E-state index in [-0.39, 0.29) is 36.0 Å². The Morgan fingerprint density at radius 3 is 2.77 bits per heavy atom. The van der Waals surface area contributed by atoms with Gasteiger partial charge >= 0.3 is 0 Å². The number of aromatic nitrogens is 3. The van der Waals surface area contributed by atoms with Crippen molar-refractivity contribution in [3.63, 3.8) is 0 Å². The van der Waals surface area contributed by atoms with E-state index in [1.807, 2.05) is 24.3 Å². The summed E-state index contributed by atoms with van der Waals surface area (Å²) in [6.45, 7) is 0.440. The first-order valence-electron chi connectivity index (χ1n) is 11.9. The van der Waals surface area contributed by atoms with Gasteiger partial charge in [0.15, 0.2) is 11.5 Å². The summed E-state index contributed by atoms with van der Waals surface area (Å²) in [5, 5.41) is 12.2. The fraction of sp³-hybridized carbons (Fsp3) is 0.308.